The highest BCUT2D eigenvalue weighted by Crippen LogP contribution is 2.36. The van der Waals surface area contributed by atoms with Gasteiger partial charge in [0.2, 0.25) is 5.91 Å². The minimum atomic E-state index is -0.760. The number of nitrogens with zero attached hydrogens (tertiary/aromatic N) is 2. The predicted molar refractivity (Wildman–Crippen MR) is 113 cm³/mol. The first-order valence-corrected chi connectivity index (χ1v) is 9.71. The van der Waals surface area contributed by atoms with Crippen molar-refractivity contribution in [3.63, 3.8) is 0 Å². The van der Waals surface area contributed by atoms with Crippen LogP contribution in [0.3, 0.4) is 0 Å². The number of amides is 3. The van der Waals surface area contributed by atoms with E-state index in [1.807, 2.05) is 0 Å². The van der Waals surface area contributed by atoms with E-state index in [-0.39, 0.29) is 30.7 Å². The highest BCUT2D eigenvalue weighted by atomic mass is 16.5. The molecule has 1 atom stereocenters. The SMILES string of the molecule is CC(=O)c1ccc2c(c1)N(CC(=O)Nc1ccc3c(c1)N(C)C(=O)CO3)C(=O)C(C)O2. The maximum atomic E-state index is 12.8. The Kier molecular flexibility index (Phi) is 5.10. The van der Waals surface area contributed by atoms with E-state index in [1.54, 1.807) is 50.4 Å². The Labute approximate surface area is 178 Å². The Morgan fingerprint density at radius 2 is 1.84 bits per heavy atom. The molecule has 0 aliphatic carbocycles. The van der Waals surface area contributed by atoms with Crippen LogP contribution >= 0.6 is 0 Å². The Morgan fingerprint density at radius 3 is 2.58 bits per heavy atom. The van der Waals surface area contributed by atoms with Gasteiger partial charge in [-0.1, -0.05) is 0 Å². The largest absolute Gasteiger partial charge is 0.482 e. The molecular formula is C22H21N3O6. The minimum Gasteiger partial charge on any atom is -0.482 e. The number of ether oxygens (including phenoxy) is 2. The van der Waals surface area contributed by atoms with E-state index in [4.69, 9.17) is 9.47 Å². The van der Waals surface area contributed by atoms with Gasteiger partial charge in [-0.2, -0.15) is 0 Å². The third kappa shape index (κ3) is 3.81. The molecule has 160 valence electrons. The number of carbonyl (C=O) groups is 4. The van der Waals surface area contributed by atoms with Crippen molar-refractivity contribution in [2.75, 3.05) is 35.3 Å². The normalized spacial score (nSPS) is 17.3. The molecule has 1 unspecified atom stereocenters. The quantitative estimate of drug-likeness (QED) is 0.754. The number of anilines is 3. The maximum absolute atomic E-state index is 12.8. The Hall–Kier alpha value is -3.88. The van der Waals surface area contributed by atoms with Crippen molar-refractivity contribution in [2.45, 2.75) is 20.0 Å². The lowest BCUT2D eigenvalue weighted by Crippen LogP contribution is -2.47. The van der Waals surface area contributed by atoms with Crippen LogP contribution in [0.5, 0.6) is 11.5 Å². The molecule has 0 bridgehead atoms. The average Bonchev–Trinajstić information content (AvgIpc) is 2.74. The van der Waals surface area contributed by atoms with Gasteiger partial charge >= 0.3 is 0 Å². The van der Waals surface area contributed by atoms with Crippen molar-refractivity contribution in [2.24, 2.45) is 0 Å². The van der Waals surface area contributed by atoms with Gasteiger partial charge in [0.05, 0.1) is 11.4 Å². The summed E-state index contributed by atoms with van der Waals surface area (Å²) < 4.78 is 11.0. The molecule has 2 aliphatic heterocycles. The van der Waals surface area contributed by atoms with Gasteiger partial charge in [0.15, 0.2) is 18.5 Å². The Morgan fingerprint density at radius 1 is 1.10 bits per heavy atom. The highest BCUT2D eigenvalue weighted by Gasteiger charge is 2.33. The van der Waals surface area contributed by atoms with Crippen molar-refractivity contribution in [1.29, 1.82) is 0 Å². The molecular weight excluding hydrogens is 402 g/mol. The summed E-state index contributed by atoms with van der Waals surface area (Å²) in [6.07, 6.45) is -0.760. The Bertz CT molecular complexity index is 1110. The number of ketones is 1. The van der Waals surface area contributed by atoms with Crippen molar-refractivity contribution < 1.29 is 28.7 Å². The fourth-order valence-electron chi connectivity index (χ4n) is 3.48. The van der Waals surface area contributed by atoms with Gasteiger partial charge in [0.1, 0.15) is 18.0 Å². The van der Waals surface area contributed by atoms with Crippen LogP contribution in [0.1, 0.15) is 24.2 Å². The van der Waals surface area contributed by atoms with Crippen LogP contribution in [-0.4, -0.2) is 49.8 Å². The van der Waals surface area contributed by atoms with Gasteiger partial charge in [-0.25, -0.2) is 0 Å². The highest BCUT2D eigenvalue weighted by molar-refractivity contribution is 6.07. The van der Waals surface area contributed by atoms with Crippen molar-refractivity contribution >= 4 is 40.6 Å². The van der Waals surface area contributed by atoms with Gasteiger partial charge in [-0.3, -0.25) is 24.1 Å². The van der Waals surface area contributed by atoms with E-state index in [1.165, 1.54) is 16.7 Å². The molecule has 9 heteroatoms. The fraction of sp³-hybridized carbons (Fsp3) is 0.273. The molecule has 2 aromatic carbocycles. The van der Waals surface area contributed by atoms with E-state index in [0.29, 0.717) is 34.1 Å². The molecule has 9 nitrogen and oxygen atoms in total. The number of rotatable bonds is 4. The minimum absolute atomic E-state index is 0.0335. The molecule has 1 N–H and O–H groups in total. The third-order valence-corrected chi connectivity index (χ3v) is 5.20. The average molecular weight is 423 g/mol. The summed E-state index contributed by atoms with van der Waals surface area (Å²) in [7, 11) is 1.63. The first kappa shape index (κ1) is 20.4. The first-order chi connectivity index (χ1) is 14.7. The summed E-state index contributed by atoms with van der Waals surface area (Å²) in [6, 6.07) is 9.75. The van der Waals surface area contributed by atoms with E-state index in [9.17, 15) is 19.2 Å². The van der Waals surface area contributed by atoms with Gasteiger partial charge in [0, 0.05) is 18.3 Å². The molecule has 2 aromatic rings. The van der Waals surface area contributed by atoms with Crippen molar-refractivity contribution in [3.05, 3.63) is 42.0 Å². The zero-order valence-corrected chi connectivity index (χ0v) is 17.3. The monoisotopic (exact) mass is 423 g/mol. The lowest BCUT2D eigenvalue weighted by Gasteiger charge is -2.33. The van der Waals surface area contributed by atoms with Crippen LogP contribution < -0.4 is 24.6 Å². The molecule has 2 aliphatic rings. The summed E-state index contributed by atoms with van der Waals surface area (Å²) in [5.41, 5.74) is 1.79. The number of benzene rings is 2. The van der Waals surface area contributed by atoms with Crippen LogP contribution in [0.25, 0.3) is 0 Å². The van der Waals surface area contributed by atoms with E-state index >= 15 is 0 Å². The standard InChI is InChI=1S/C22H21N3O6/c1-12(26)14-4-6-19-17(8-14)25(22(29)13(2)31-19)10-20(27)23-15-5-7-18-16(9-15)24(3)21(28)11-30-18/h4-9,13H,10-11H2,1-3H3,(H,23,27). The molecule has 0 saturated carbocycles. The molecule has 0 saturated heterocycles. The van der Waals surface area contributed by atoms with Crippen LogP contribution in [0, 0.1) is 0 Å². The summed E-state index contributed by atoms with van der Waals surface area (Å²) in [6.45, 7) is 2.73. The lowest BCUT2D eigenvalue weighted by molar-refractivity contribution is -0.127. The molecule has 0 aromatic heterocycles. The van der Waals surface area contributed by atoms with Gasteiger partial charge < -0.3 is 19.7 Å². The molecule has 0 spiro atoms. The van der Waals surface area contributed by atoms with E-state index in [0.717, 1.165) is 0 Å². The molecule has 3 amide bonds. The summed E-state index contributed by atoms with van der Waals surface area (Å²) in [5, 5.41) is 2.74. The maximum Gasteiger partial charge on any atom is 0.268 e. The lowest BCUT2D eigenvalue weighted by atomic mass is 10.1. The molecule has 4 rings (SSSR count). The van der Waals surface area contributed by atoms with E-state index < -0.39 is 12.0 Å². The molecule has 0 radical (unpaired) electrons. The van der Waals surface area contributed by atoms with Gasteiger partial charge in [-0.05, 0) is 50.2 Å². The number of nitrogens with one attached hydrogen (secondary N) is 1. The van der Waals surface area contributed by atoms with Crippen LogP contribution in [0.2, 0.25) is 0 Å². The third-order valence-electron chi connectivity index (χ3n) is 5.20. The van der Waals surface area contributed by atoms with E-state index in [2.05, 4.69) is 5.32 Å². The number of hydrogen-bond donors (Lipinski definition) is 1. The summed E-state index contributed by atoms with van der Waals surface area (Å²) in [5.74, 6) is -0.200. The second-order valence-electron chi connectivity index (χ2n) is 7.40. The second-order valence-corrected chi connectivity index (χ2v) is 7.40. The smallest absolute Gasteiger partial charge is 0.268 e. The van der Waals surface area contributed by atoms with Gasteiger partial charge in [0.25, 0.3) is 11.8 Å². The topological polar surface area (TPSA) is 105 Å². The predicted octanol–water partition coefficient (Wildman–Crippen LogP) is 2.00. The van der Waals surface area contributed by atoms with Gasteiger partial charge in [-0.15, -0.1) is 0 Å². The molecule has 0 fully saturated rings. The molecule has 2 heterocycles. The second kappa shape index (κ2) is 7.75. The molecule has 31 heavy (non-hydrogen) atoms. The summed E-state index contributed by atoms with van der Waals surface area (Å²) >= 11 is 0. The first-order valence-electron chi connectivity index (χ1n) is 9.71. The van der Waals surface area contributed by atoms with Crippen LogP contribution in [-0.2, 0) is 14.4 Å². The number of fused-ring (bicyclic) bond motifs is 2. The van der Waals surface area contributed by atoms with Crippen molar-refractivity contribution in [1.82, 2.24) is 0 Å². The number of hydrogen-bond acceptors (Lipinski definition) is 6. The number of carbonyl (C=O) groups excluding carboxylic acids is 4. The summed E-state index contributed by atoms with van der Waals surface area (Å²) in [4.78, 5) is 51.8. The van der Waals surface area contributed by atoms with Crippen molar-refractivity contribution in [3.8, 4) is 11.5 Å². The van der Waals surface area contributed by atoms with Crippen LogP contribution in [0.4, 0.5) is 17.1 Å². The zero-order chi connectivity index (χ0) is 22.3. The fourth-order valence-corrected chi connectivity index (χ4v) is 3.48. The Balaban J connectivity index is 1.56. The van der Waals surface area contributed by atoms with Crippen LogP contribution in [0.15, 0.2) is 36.4 Å². The zero-order valence-electron chi connectivity index (χ0n) is 17.3. The number of Topliss-reactive ketones (excluding diaryl/α,β-unsaturated/α-hetero) is 1. The number of likely N-dealkylation sites (N-methyl/N-ethyl adjacent to an activating group) is 1.